The predicted molar refractivity (Wildman–Crippen MR) is 84.0 cm³/mol. The predicted octanol–water partition coefficient (Wildman–Crippen LogP) is 2.67. The SMILES string of the molecule is CCOC(=O)c1cn(-c2nccs2)c2cc(Cl)ncc2c1=O. The monoisotopic (exact) mass is 335 g/mol. The quantitative estimate of drug-likeness (QED) is 0.543. The van der Waals surface area contributed by atoms with Crippen molar-refractivity contribution < 1.29 is 9.53 Å². The highest BCUT2D eigenvalue weighted by atomic mass is 35.5. The Balaban J connectivity index is 2.36. The number of hydrogen-bond acceptors (Lipinski definition) is 6. The molecule has 0 aliphatic heterocycles. The normalized spacial score (nSPS) is 10.8. The first-order valence-corrected chi connectivity index (χ1v) is 7.65. The summed E-state index contributed by atoms with van der Waals surface area (Å²) in [6.07, 6.45) is 4.42. The number of hydrogen-bond donors (Lipinski definition) is 0. The third kappa shape index (κ3) is 2.49. The molecule has 8 heteroatoms. The molecule has 0 aliphatic carbocycles. The minimum Gasteiger partial charge on any atom is -0.462 e. The van der Waals surface area contributed by atoms with Gasteiger partial charge in [0.2, 0.25) is 5.43 Å². The number of pyridine rings is 2. The van der Waals surface area contributed by atoms with Gasteiger partial charge in [-0.1, -0.05) is 11.6 Å². The van der Waals surface area contributed by atoms with E-state index in [0.29, 0.717) is 10.6 Å². The van der Waals surface area contributed by atoms with Gasteiger partial charge in [-0.3, -0.25) is 9.36 Å². The largest absolute Gasteiger partial charge is 0.462 e. The van der Waals surface area contributed by atoms with Crippen LogP contribution in [-0.4, -0.2) is 27.1 Å². The van der Waals surface area contributed by atoms with E-state index in [2.05, 4.69) is 9.97 Å². The number of nitrogens with zero attached hydrogens (tertiary/aromatic N) is 3. The van der Waals surface area contributed by atoms with E-state index in [1.807, 2.05) is 0 Å². The molecule has 3 heterocycles. The van der Waals surface area contributed by atoms with E-state index in [9.17, 15) is 9.59 Å². The molecule has 0 aromatic carbocycles. The van der Waals surface area contributed by atoms with E-state index < -0.39 is 11.4 Å². The Labute approximate surface area is 134 Å². The third-order valence-electron chi connectivity index (χ3n) is 2.98. The molecule has 0 saturated carbocycles. The fourth-order valence-corrected chi connectivity index (χ4v) is 2.83. The second-order valence-electron chi connectivity index (χ2n) is 4.30. The van der Waals surface area contributed by atoms with Crippen molar-refractivity contribution >= 4 is 39.8 Å². The molecule has 0 saturated heterocycles. The van der Waals surface area contributed by atoms with E-state index >= 15 is 0 Å². The molecule has 112 valence electrons. The molecule has 0 radical (unpaired) electrons. The smallest absolute Gasteiger partial charge is 0.343 e. The lowest BCUT2D eigenvalue weighted by Gasteiger charge is -2.10. The highest BCUT2D eigenvalue weighted by Gasteiger charge is 2.18. The van der Waals surface area contributed by atoms with Crippen molar-refractivity contribution in [2.24, 2.45) is 0 Å². The first kappa shape index (κ1) is 14.7. The first-order valence-electron chi connectivity index (χ1n) is 6.39. The number of ether oxygens (including phenoxy) is 1. The van der Waals surface area contributed by atoms with Crippen LogP contribution in [0.25, 0.3) is 16.0 Å². The lowest BCUT2D eigenvalue weighted by atomic mass is 10.2. The lowest BCUT2D eigenvalue weighted by molar-refractivity contribution is 0.0524. The maximum atomic E-state index is 12.5. The molecule has 22 heavy (non-hydrogen) atoms. The molecule has 0 fully saturated rings. The highest BCUT2D eigenvalue weighted by molar-refractivity contribution is 7.12. The summed E-state index contributed by atoms with van der Waals surface area (Å²) >= 11 is 7.29. The van der Waals surface area contributed by atoms with Crippen molar-refractivity contribution in [1.29, 1.82) is 0 Å². The third-order valence-corrected chi connectivity index (χ3v) is 3.95. The minimum atomic E-state index is -0.672. The molecule has 0 spiro atoms. The Morgan fingerprint density at radius 3 is 2.95 bits per heavy atom. The maximum absolute atomic E-state index is 12.5. The number of fused-ring (bicyclic) bond motifs is 1. The molecule has 0 unspecified atom stereocenters. The number of esters is 1. The maximum Gasteiger partial charge on any atom is 0.343 e. The Morgan fingerprint density at radius 2 is 2.27 bits per heavy atom. The summed E-state index contributed by atoms with van der Waals surface area (Å²) < 4.78 is 6.58. The Morgan fingerprint density at radius 1 is 1.45 bits per heavy atom. The van der Waals surface area contributed by atoms with E-state index in [-0.39, 0.29) is 22.7 Å². The molecule has 3 aromatic rings. The molecule has 3 rings (SSSR count). The summed E-state index contributed by atoms with van der Waals surface area (Å²) in [4.78, 5) is 32.6. The number of carbonyl (C=O) groups is 1. The van der Waals surface area contributed by atoms with Crippen molar-refractivity contribution in [3.05, 3.63) is 51.0 Å². The minimum absolute atomic E-state index is 0.0614. The number of thiazole rings is 1. The molecule has 3 aromatic heterocycles. The van der Waals surface area contributed by atoms with E-state index in [1.54, 1.807) is 29.1 Å². The van der Waals surface area contributed by atoms with Crippen LogP contribution in [0.15, 0.2) is 34.8 Å². The van der Waals surface area contributed by atoms with Crippen LogP contribution in [0.4, 0.5) is 0 Å². The van der Waals surface area contributed by atoms with Crippen LogP contribution in [0, 0.1) is 0 Å². The van der Waals surface area contributed by atoms with Gasteiger partial charge in [0.15, 0.2) is 5.13 Å². The van der Waals surface area contributed by atoms with E-state index in [0.717, 1.165) is 0 Å². The van der Waals surface area contributed by atoms with E-state index in [4.69, 9.17) is 16.3 Å². The van der Waals surface area contributed by atoms with Crippen molar-refractivity contribution in [2.75, 3.05) is 6.61 Å². The topological polar surface area (TPSA) is 74.1 Å². The van der Waals surface area contributed by atoms with E-state index in [1.165, 1.54) is 23.7 Å². The first-order chi connectivity index (χ1) is 10.6. The van der Waals surface area contributed by atoms with Crippen LogP contribution >= 0.6 is 22.9 Å². The van der Waals surface area contributed by atoms with Crippen molar-refractivity contribution in [2.45, 2.75) is 6.92 Å². The van der Waals surface area contributed by atoms with Crippen molar-refractivity contribution in [3.63, 3.8) is 0 Å². The van der Waals surface area contributed by atoms with Crippen LogP contribution in [0.3, 0.4) is 0 Å². The Bertz CT molecular complexity index is 906. The van der Waals surface area contributed by atoms with Crippen LogP contribution in [0.1, 0.15) is 17.3 Å². The molecular weight excluding hydrogens is 326 g/mol. The number of halogens is 1. The van der Waals surface area contributed by atoms with Gasteiger partial charge < -0.3 is 4.74 Å². The van der Waals surface area contributed by atoms with Gasteiger partial charge in [0.05, 0.1) is 17.5 Å². The average Bonchev–Trinajstić information content (AvgIpc) is 3.01. The summed E-state index contributed by atoms with van der Waals surface area (Å²) in [7, 11) is 0. The fraction of sp³-hybridized carbons (Fsp3) is 0.143. The highest BCUT2D eigenvalue weighted by Crippen LogP contribution is 2.21. The fourth-order valence-electron chi connectivity index (χ4n) is 2.04. The molecule has 0 atom stereocenters. The zero-order valence-corrected chi connectivity index (χ0v) is 13.0. The van der Waals surface area contributed by atoms with Crippen LogP contribution in [-0.2, 0) is 4.74 Å². The van der Waals surface area contributed by atoms with Gasteiger partial charge >= 0.3 is 5.97 Å². The second-order valence-corrected chi connectivity index (χ2v) is 5.56. The standard InChI is InChI=1S/C14H10ClN3O3S/c1-2-21-13(20)9-7-18(14-16-3-4-22-14)10-5-11(15)17-6-8(10)12(9)19/h3-7H,2H2,1H3. The van der Waals surface area contributed by atoms with Crippen LogP contribution in [0.2, 0.25) is 5.15 Å². The van der Waals surface area contributed by atoms with Gasteiger partial charge in [-0.2, -0.15) is 0 Å². The van der Waals surface area contributed by atoms with Gasteiger partial charge in [-0.15, -0.1) is 11.3 Å². The van der Waals surface area contributed by atoms with Crippen molar-refractivity contribution in [3.8, 4) is 5.13 Å². The Kier molecular flexibility index (Phi) is 3.91. The average molecular weight is 336 g/mol. The number of aromatic nitrogens is 3. The summed E-state index contributed by atoms with van der Waals surface area (Å²) in [5.74, 6) is -0.672. The summed E-state index contributed by atoms with van der Waals surface area (Å²) in [5.41, 5.74) is 0.0343. The summed E-state index contributed by atoms with van der Waals surface area (Å²) in [6, 6.07) is 1.56. The number of rotatable bonds is 3. The van der Waals surface area contributed by atoms with Crippen LogP contribution < -0.4 is 5.43 Å². The molecule has 0 aliphatic rings. The van der Waals surface area contributed by atoms with Gasteiger partial charge in [-0.25, -0.2) is 14.8 Å². The summed E-state index contributed by atoms with van der Waals surface area (Å²) in [5, 5.41) is 2.94. The van der Waals surface area contributed by atoms with Gasteiger partial charge in [-0.05, 0) is 6.92 Å². The van der Waals surface area contributed by atoms with Gasteiger partial charge in [0.25, 0.3) is 0 Å². The lowest BCUT2D eigenvalue weighted by Crippen LogP contribution is -2.20. The molecule has 6 nitrogen and oxygen atoms in total. The molecule has 0 N–H and O–H groups in total. The summed E-state index contributed by atoms with van der Waals surface area (Å²) in [6.45, 7) is 1.87. The van der Waals surface area contributed by atoms with Gasteiger partial charge in [0.1, 0.15) is 10.7 Å². The zero-order chi connectivity index (χ0) is 15.7. The van der Waals surface area contributed by atoms with Gasteiger partial charge in [0, 0.05) is 30.0 Å². The molecular formula is C14H10ClN3O3S. The Hall–Kier alpha value is -2.25. The molecule has 0 amide bonds. The zero-order valence-electron chi connectivity index (χ0n) is 11.4. The number of carbonyl (C=O) groups excluding carboxylic acids is 1. The van der Waals surface area contributed by atoms with Crippen molar-refractivity contribution in [1.82, 2.24) is 14.5 Å². The van der Waals surface area contributed by atoms with Crippen LogP contribution in [0.5, 0.6) is 0 Å². The molecule has 0 bridgehead atoms. The second kappa shape index (κ2) is 5.86.